The van der Waals surface area contributed by atoms with E-state index in [1.54, 1.807) is 18.2 Å². The predicted molar refractivity (Wildman–Crippen MR) is 63.6 cm³/mol. The summed E-state index contributed by atoms with van der Waals surface area (Å²) in [5, 5.41) is 0. The quantitative estimate of drug-likeness (QED) is 0.751. The van der Waals surface area contributed by atoms with Crippen LogP contribution in [-0.4, -0.2) is 14.6 Å². The van der Waals surface area contributed by atoms with Crippen LogP contribution in [0.3, 0.4) is 0 Å². The molecule has 0 unspecified atom stereocenters. The van der Waals surface area contributed by atoms with Gasteiger partial charge in [-0.1, -0.05) is 37.8 Å². The fourth-order valence-corrected chi connectivity index (χ4v) is 1.71. The van der Waals surface area contributed by atoms with Crippen molar-refractivity contribution in [2.45, 2.75) is 25.7 Å². The molecule has 0 aliphatic rings. The number of nitrogens with two attached hydrogens (primary N) is 1. The number of rotatable bonds is 2. The summed E-state index contributed by atoms with van der Waals surface area (Å²) in [6.45, 7) is 7.87. The minimum absolute atomic E-state index is 0.178. The van der Waals surface area contributed by atoms with Gasteiger partial charge in [-0.15, -0.1) is 0 Å². The molecule has 1 aromatic carbocycles. The van der Waals surface area contributed by atoms with E-state index in [1.165, 1.54) is 18.2 Å². The number of hydrogen-bond donors (Lipinski definition) is 1. The van der Waals surface area contributed by atoms with Crippen LogP contribution in [0.4, 0.5) is 4.39 Å². The molecule has 0 bridgehead atoms. The third kappa shape index (κ3) is 9.42. The van der Waals surface area contributed by atoms with Crippen molar-refractivity contribution < 1.29 is 4.39 Å². The molecule has 0 heterocycles. The molecule has 0 fully saturated rings. The molecule has 0 spiro atoms. The van der Waals surface area contributed by atoms with Crippen LogP contribution in [-0.2, 0) is 0 Å². The van der Waals surface area contributed by atoms with E-state index < -0.39 is 8.07 Å². The molecule has 0 aliphatic carbocycles. The molecule has 0 aromatic heterocycles. The lowest BCUT2D eigenvalue weighted by Crippen LogP contribution is -2.23. The topological polar surface area (TPSA) is 26.0 Å². The second kappa shape index (κ2) is 6.73. The molecule has 0 saturated carbocycles. The highest BCUT2D eigenvalue weighted by Gasteiger charge is 2.09. The zero-order valence-electron chi connectivity index (χ0n) is 9.26. The van der Waals surface area contributed by atoms with Gasteiger partial charge in [-0.05, 0) is 24.7 Å². The Labute approximate surface area is 87.1 Å². The summed E-state index contributed by atoms with van der Waals surface area (Å²) in [6, 6.07) is 9.20. The summed E-state index contributed by atoms with van der Waals surface area (Å²) in [5.41, 5.74) is 5.35. The van der Waals surface area contributed by atoms with Gasteiger partial charge in [0.1, 0.15) is 5.82 Å². The summed E-state index contributed by atoms with van der Waals surface area (Å²) in [5.74, 6) is -0.178. The Morgan fingerprint density at radius 3 is 1.79 bits per heavy atom. The van der Waals surface area contributed by atoms with E-state index in [-0.39, 0.29) is 5.82 Å². The van der Waals surface area contributed by atoms with Gasteiger partial charge in [0.2, 0.25) is 0 Å². The largest absolute Gasteiger partial charge is 0.331 e. The Morgan fingerprint density at radius 2 is 1.64 bits per heavy atom. The molecule has 1 nitrogen and oxygen atoms in total. The monoisotopic (exact) mass is 213 g/mol. The van der Waals surface area contributed by atoms with E-state index in [2.05, 4.69) is 19.6 Å². The van der Waals surface area contributed by atoms with E-state index in [0.29, 0.717) is 0 Å². The van der Waals surface area contributed by atoms with Crippen LogP contribution in [0.5, 0.6) is 0 Å². The second-order valence-corrected chi connectivity index (χ2v) is 10.0. The van der Waals surface area contributed by atoms with Gasteiger partial charge >= 0.3 is 0 Å². The Balaban J connectivity index is 0.000000241. The van der Waals surface area contributed by atoms with E-state index in [9.17, 15) is 4.39 Å². The van der Waals surface area contributed by atoms with Crippen LogP contribution in [0.25, 0.3) is 0 Å². The molecule has 80 valence electrons. The van der Waals surface area contributed by atoms with Gasteiger partial charge in [-0.25, -0.2) is 4.39 Å². The normalized spacial score (nSPS) is 10.4. The summed E-state index contributed by atoms with van der Waals surface area (Å²) in [6.07, 6.45) is 0. The lowest BCUT2D eigenvalue weighted by molar-refractivity contribution is 0.628. The van der Waals surface area contributed by atoms with Crippen molar-refractivity contribution in [3.63, 3.8) is 0 Å². The standard InChI is InChI=1S/C6H5F.C5H15NSi/c7-6-4-2-1-3-5-6;1-7(2,3)5-4-6/h1-5H;4-6H2,1-3H3. The Hall–Kier alpha value is -0.673. The molecular weight excluding hydrogens is 193 g/mol. The van der Waals surface area contributed by atoms with Gasteiger partial charge in [0, 0.05) is 8.07 Å². The Morgan fingerprint density at radius 1 is 1.14 bits per heavy atom. The lowest BCUT2D eigenvalue weighted by atomic mass is 10.4. The molecule has 0 radical (unpaired) electrons. The summed E-state index contributed by atoms with van der Waals surface area (Å²) < 4.78 is 11.9. The maximum Gasteiger partial charge on any atom is 0.123 e. The van der Waals surface area contributed by atoms with Crippen LogP contribution in [0, 0.1) is 5.82 Å². The van der Waals surface area contributed by atoms with Gasteiger partial charge in [0.05, 0.1) is 0 Å². The molecule has 0 saturated heterocycles. The third-order valence-electron chi connectivity index (χ3n) is 1.63. The average molecular weight is 213 g/mol. The smallest absolute Gasteiger partial charge is 0.123 e. The van der Waals surface area contributed by atoms with Gasteiger partial charge in [-0.2, -0.15) is 0 Å². The third-order valence-corrected chi connectivity index (χ3v) is 3.42. The molecule has 3 heteroatoms. The molecule has 1 rings (SSSR count). The number of hydrogen-bond acceptors (Lipinski definition) is 1. The van der Waals surface area contributed by atoms with E-state index in [4.69, 9.17) is 5.73 Å². The van der Waals surface area contributed by atoms with Gasteiger partial charge in [0.15, 0.2) is 0 Å². The fraction of sp³-hybridized carbons (Fsp3) is 0.455. The first-order valence-corrected chi connectivity index (χ1v) is 8.57. The Kier molecular flexibility index (Phi) is 6.41. The minimum Gasteiger partial charge on any atom is -0.331 e. The second-order valence-electron chi connectivity index (χ2n) is 4.39. The van der Waals surface area contributed by atoms with Crippen molar-refractivity contribution >= 4 is 8.07 Å². The first-order valence-electron chi connectivity index (χ1n) is 4.86. The highest BCUT2D eigenvalue weighted by molar-refractivity contribution is 6.76. The maximum atomic E-state index is 11.9. The van der Waals surface area contributed by atoms with Crippen molar-refractivity contribution in [3.8, 4) is 0 Å². The van der Waals surface area contributed by atoms with Crippen LogP contribution >= 0.6 is 0 Å². The minimum atomic E-state index is -0.782. The first kappa shape index (κ1) is 13.3. The molecule has 0 aliphatic heterocycles. The lowest BCUT2D eigenvalue weighted by Gasteiger charge is -2.12. The Bertz CT molecular complexity index is 231. The predicted octanol–water partition coefficient (Wildman–Crippen LogP) is 3.11. The van der Waals surface area contributed by atoms with Crippen molar-refractivity contribution in [2.24, 2.45) is 5.73 Å². The zero-order valence-corrected chi connectivity index (χ0v) is 10.3. The zero-order chi connectivity index (χ0) is 11.0. The van der Waals surface area contributed by atoms with Crippen molar-refractivity contribution in [2.75, 3.05) is 6.54 Å². The van der Waals surface area contributed by atoms with Crippen molar-refractivity contribution in [1.82, 2.24) is 0 Å². The molecule has 1 aromatic rings. The van der Waals surface area contributed by atoms with Crippen LogP contribution in [0.15, 0.2) is 30.3 Å². The van der Waals surface area contributed by atoms with Crippen molar-refractivity contribution in [3.05, 3.63) is 36.1 Å². The van der Waals surface area contributed by atoms with Gasteiger partial charge < -0.3 is 5.73 Å². The maximum absolute atomic E-state index is 11.9. The molecule has 2 N–H and O–H groups in total. The highest BCUT2D eigenvalue weighted by Crippen LogP contribution is 2.04. The SMILES string of the molecule is C[Si](C)(C)CCN.Fc1ccccc1. The highest BCUT2D eigenvalue weighted by atomic mass is 28.3. The van der Waals surface area contributed by atoms with Crippen LogP contribution in [0.1, 0.15) is 0 Å². The van der Waals surface area contributed by atoms with Crippen LogP contribution < -0.4 is 5.73 Å². The number of benzene rings is 1. The summed E-state index contributed by atoms with van der Waals surface area (Å²) in [7, 11) is -0.782. The van der Waals surface area contributed by atoms with E-state index >= 15 is 0 Å². The summed E-state index contributed by atoms with van der Waals surface area (Å²) >= 11 is 0. The van der Waals surface area contributed by atoms with E-state index in [0.717, 1.165) is 6.54 Å². The number of halogens is 1. The molecule has 0 amide bonds. The van der Waals surface area contributed by atoms with Crippen LogP contribution in [0.2, 0.25) is 25.7 Å². The molecule has 0 atom stereocenters. The van der Waals surface area contributed by atoms with Crippen molar-refractivity contribution in [1.29, 1.82) is 0 Å². The first-order chi connectivity index (χ1) is 6.45. The summed E-state index contributed by atoms with van der Waals surface area (Å²) in [4.78, 5) is 0. The van der Waals surface area contributed by atoms with Gasteiger partial charge in [0.25, 0.3) is 0 Å². The average Bonchev–Trinajstić information content (AvgIpc) is 2.04. The molecular formula is C11H20FNSi. The van der Waals surface area contributed by atoms with Gasteiger partial charge in [-0.3, -0.25) is 0 Å². The van der Waals surface area contributed by atoms with E-state index in [1.807, 2.05) is 0 Å². The fourth-order valence-electron chi connectivity index (χ4n) is 0.848. The molecule has 14 heavy (non-hydrogen) atoms.